The molecular formula is C45H93BCa3O2S. The van der Waals surface area contributed by atoms with Crippen LogP contribution in [0.25, 0.3) is 0 Å². The maximum Gasteiger partial charge on any atom is -0.315 e. The Morgan fingerprint density at radius 1 is 0.269 bits per heavy atom. The largest absolute Gasteiger partial charge is 0.911 e. The summed E-state index contributed by atoms with van der Waals surface area (Å²) in [7, 11) is 0. The van der Waals surface area contributed by atoms with Gasteiger partial charge in [0.1, 0.15) is 0 Å². The van der Waals surface area contributed by atoms with Crippen molar-refractivity contribution >= 4 is 126 Å². The molecule has 0 aliphatic rings. The van der Waals surface area contributed by atoms with Crippen molar-refractivity contribution in [2.45, 2.75) is 279 Å². The minimum atomic E-state index is -2.08. The van der Waals surface area contributed by atoms with Gasteiger partial charge in [-0.25, -0.2) is 0 Å². The Balaban J connectivity index is -0.000000315. The molecule has 0 aromatic carbocycles. The average Bonchev–Trinajstić information content (AvgIpc) is 3.13. The molecule has 0 amide bonds. The van der Waals surface area contributed by atoms with Crippen molar-refractivity contribution < 1.29 is 10.0 Å². The zero-order valence-corrected chi connectivity index (χ0v) is 44.1. The molecule has 2 nitrogen and oxygen atoms in total. The van der Waals surface area contributed by atoms with E-state index in [2.05, 4.69) is 33.3 Å². The van der Waals surface area contributed by atoms with E-state index in [1.54, 1.807) is 0 Å². The average molecular weight is 829 g/mol. The van der Waals surface area contributed by atoms with Crippen molar-refractivity contribution in [3.8, 4) is 0 Å². The summed E-state index contributed by atoms with van der Waals surface area (Å²) in [5.41, 5.74) is 0. The summed E-state index contributed by atoms with van der Waals surface area (Å²) in [5, 5.41) is 17.6. The standard InChI is InChI=1S/3C15H31.BO2S.3Ca/c3*1-3-5-7-9-11-13-15-14-12-10-8-6-4-2;2-1(3)4;;;/h3*1,3-15H2,2H3;;;;/q;;;-3;3*+1. The maximum absolute atomic E-state index is 8.79. The van der Waals surface area contributed by atoms with Crippen LogP contribution in [0.5, 0.6) is 0 Å². The Labute approximate surface area is 409 Å². The third kappa shape index (κ3) is 82.1. The summed E-state index contributed by atoms with van der Waals surface area (Å²) < 4.78 is 4.49. The van der Waals surface area contributed by atoms with Crippen molar-refractivity contribution in [3.05, 3.63) is 0 Å². The molecular weight excluding hydrogens is 736 g/mol. The van der Waals surface area contributed by atoms with Crippen molar-refractivity contribution in [1.82, 2.24) is 0 Å². The predicted octanol–water partition coefficient (Wildman–Crippen LogP) is 14.2. The quantitative estimate of drug-likeness (QED) is 0.0352. The van der Waals surface area contributed by atoms with Gasteiger partial charge in [-0.2, -0.15) is 0 Å². The van der Waals surface area contributed by atoms with Gasteiger partial charge >= 0.3 is 327 Å². The number of unbranched alkanes of at least 4 members (excludes halogenated alkanes) is 36. The van der Waals surface area contributed by atoms with E-state index in [0.717, 1.165) is 0 Å². The third-order valence-corrected chi connectivity index (χ3v) is 12.4. The Bertz CT molecular complexity index is 423. The van der Waals surface area contributed by atoms with Gasteiger partial charge in [-0.15, -0.1) is 0 Å². The van der Waals surface area contributed by atoms with E-state index >= 15 is 0 Å². The number of hydrogen-bond acceptors (Lipinski definition) is 3. The Morgan fingerprint density at radius 2 is 0.365 bits per heavy atom. The SMILES string of the molecule is CCCCCCCCCCCCCC[CH2][Ca+].CCCCCCCCCCCCCC[CH2][Ca+].CCCCCCCCCCCCCC[CH2][Ca+].[O-]B([O-])[S-]. The van der Waals surface area contributed by atoms with Crippen molar-refractivity contribution in [3.63, 3.8) is 0 Å². The summed E-state index contributed by atoms with van der Waals surface area (Å²) in [5.74, 6) is 0. The molecule has 0 bridgehead atoms. The molecule has 0 N–H and O–H groups in total. The zero-order chi connectivity index (χ0) is 39.3. The van der Waals surface area contributed by atoms with Gasteiger partial charge in [0.15, 0.2) is 0 Å². The fourth-order valence-electron chi connectivity index (χ4n) is 6.58. The van der Waals surface area contributed by atoms with Gasteiger partial charge in [-0.1, -0.05) is 59.3 Å². The van der Waals surface area contributed by atoms with Gasteiger partial charge in [0.05, 0.1) is 0 Å². The molecule has 0 rings (SSSR count). The van der Waals surface area contributed by atoms with E-state index in [1.807, 2.05) is 0 Å². The molecule has 300 valence electrons. The Morgan fingerprint density at radius 3 is 0.462 bits per heavy atom. The fourth-order valence-corrected chi connectivity index (χ4v) is 8.24. The Hall–Kier alpha value is 4.11. The second-order valence-corrected chi connectivity index (χ2v) is 19.3. The smallest absolute Gasteiger partial charge is 0.315 e. The molecule has 0 aromatic rings. The minimum Gasteiger partial charge on any atom is -0.911 e. The monoisotopic (exact) mass is 829 g/mol. The van der Waals surface area contributed by atoms with Crippen molar-refractivity contribution in [2.24, 2.45) is 0 Å². The van der Waals surface area contributed by atoms with E-state index in [0.29, 0.717) is 0 Å². The summed E-state index contributed by atoms with van der Waals surface area (Å²) in [4.78, 5) is 0. The third-order valence-electron chi connectivity index (χ3n) is 10.1. The van der Waals surface area contributed by atoms with E-state index in [1.165, 1.54) is 365 Å². The fraction of sp³-hybridized carbons (Fsp3) is 1.00. The van der Waals surface area contributed by atoms with Crippen LogP contribution in [-0.4, -0.2) is 114 Å². The molecule has 0 atom stereocenters. The molecule has 0 aromatic heterocycles. The molecule has 0 unspecified atom stereocenters. The predicted molar refractivity (Wildman–Crippen MR) is 242 cm³/mol. The van der Waals surface area contributed by atoms with Crippen LogP contribution < -0.4 is 10.0 Å². The molecule has 0 saturated carbocycles. The topological polar surface area (TPSA) is 46.1 Å². The first-order valence-corrected chi connectivity index (χ1v) is 29.0. The Kier molecular flexibility index (Phi) is 80.8. The molecule has 0 radical (unpaired) electrons. The maximum atomic E-state index is 8.79. The van der Waals surface area contributed by atoms with E-state index in [9.17, 15) is 0 Å². The van der Waals surface area contributed by atoms with E-state index in [4.69, 9.17) is 10.0 Å². The van der Waals surface area contributed by atoms with Gasteiger partial charge in [-0.05, 0) is 0 Å². The summed E-state index contributed by atoms with van der Waals surface area (Å²) >= 11 is 8.00. The summed E-state index contributed by atoms with van der Waals surface area (Å²) in [6.45, 7) is 6.88. The second kappa shape index (κ2) is 66.9. The summed E-state index contributed by atoms with van der Waals surface area (Å²) in [6, 6.07) is 0. The van der Waals surface area contributed by atoms with E-state index < -0.39 is 6.40 Å². The van der Waals surface area contributed by atoms with Crippen LogP contribution >= 0.6 is 0 Å². The second-order valence-electron chi connectivity index (χ2n) is 15.6. The summed E-state index contributed by atoms with van der Waals surface area (Å²) in [6.07, 6.45) is 55.6. The molecule has 52 heavy (non-hydrogen) atoms. The molecule has 0 heterocycles. The first-order valence-electron chi connectivity index (χ1n) is 23.8. The first kappa shape index (κ1) is 62.8. The van der Waals surface area contributed by atoms with Crippen LogP contribution in [0.2, 0.25) is 7.55 Å². The van der Waals surface area contributed by atoms with Gasteiger partial charge in [0.25, 0.3) is 0 Å². The number of hydrogen-bond donors (Lipinski definition) is 0. The van der Waals surface area contributed by atoms with Gasteiger partial charge in [-0.3, -0.25) is 0 Å². The molecule has 0 fully saturated rings. The first-order chi connectivity index (χ1) is 25.5. The van der Waals surface area contributed by atoms with Crippen LogP contribution in [0, 0.1) is 0 Å². The normalized spacial score (nSPS) is 10.6. The van der Waals surface area contributed by atoms with Crippen LogP contribution in [0.3, 0.4) is 0 Å². The molecule has 0 aliphatic heterocycles. The molecule has 0 saturated heterocycles. The van der Waals surface area contributed by atoms with Crippen LogP contribution in [0.15, 0.2) is 0 Å². The van der Waals surface area contributed by atoms with Crippen molar-refractivity contribution in [2.75, 3.05) is 0 Å². The molecule has 0 aliphatic carbocycles. The van der Waals surface area contributed by atoms with Crippen molar-refractivity contribution in [1.29, 1.82) is 0 Å². The zero-order valence-electron chi connectivity index (χ0n) is 36.6. The van der Waals surface area contributed by atoms with Crippen LogP contribution in [0.1, 0.15) is 271 Å². The molecule has 7 heteroatoms. The number of rotatable bonds is 39. The van der Waals surface area contributed by atoms with Gasteiger partial charge < -0.3 is 28.9 Å². The minimum absolute atomic E-state index is 1.38. The van der Waals surface area contributed by atoms with E-state index in [-0.39, 0.29) is 0 Å². The van der Waals surface area contributed by atoms with Gasteiger partial charge in [0.2, 0.25) is 0 Å². The molecule has 0 spiro atoms. The van der Waals surface area contributed by atoms with Crippen LogP contribution in [-0.2, 0) is 12.5 Å². The van der Waals surface area contributed by atoms with Crippen LogP contribution in [0.4, 0.5) is 0 Å². The van der Waals surface area contributed by atoms with Gasteiger partial charge in [0, 0.05) is 0 Å².